The summed E-state index contributed by atoms with van der Waals surface area (Å²) < 4.78 is 12.2. The first kappa shape index (κ1) is 13.8. The fourth-order valence-electron chi connectivity index (χ4n) is 2.20. The molecule has 0 spiro atoms. The zero-order valence-corrected chi connectivity index (χ0v) is 11.9. The Bertz CT molecular complexity index is 615. The molecular formula is C15H17N3O3. The van der Waals surface area contributed by atoms with E-state index in [0.717, 1.165) is 30.7 Å². The lowest BCUT2D eigenvalue weighted by atomic mass is 10.2. The van der Waals surface area contributed by atoms with Crippen molar-refractivity contribution in [2.75, 3.05) is 13.2 Å². The molecular weight excluding hydrogens is 270 g/mol. The number of rotatable bonds is 4. The maximum absolute atomic E-state index is 11.9. The van der Waals surface area contributed by atoms with Crippen LogP contribution in [0.5, 0.6) is 0 Å². The van der Waals surface area contributed by atoms with Crippen LogP contribution in [0.3, 0.4) is 0 Å². The third-order valence-electron chi connectivity index (χ3n) is 3.43. The summed E-state index contributed by atoms with van der Waals surface area (Å²) in [4.78, 5) is 11.9. The van der Waals surface area contributed by atoms with Gasteiger partial charge in [-0.05, 0) is 31.9 Å². The van der Waals surface area contributed by atoms with Gasteiger partial charge < -0.3 is 9.47 Å². The summed E-state index contributed by atoms with van der Waals surface area (Å²) in [5, 5.41) is 7.81. The Hall–Kier alpha value is -2.21. The number of hydrogen-bond donors (Lipinski definition) is 0. The molecule has 0 aliphatic carbocycles. The van der Waals surface area contributed by atoms with E-state index in [1.54, 1.807) is 10.9 Å². The van der Waals surface area contributed by atoms with E-state index in [4.69, 9.17) is 9.47 Å². The van der Waals surface area contributed by atoms with Crippen molar-refractivity contribution in [1.82, 2.24) is 15.0 Å². The largest absolute Gasteiger partial charge is 0.458 e. The zero-order chi connectivity index (χ0) is 14.7. The third-order valence-corrected chi connectivity index (χ3v) is 3.43. The van der Waals surface area contributed by atoms with Crippen LogP contribution in [-0.4, -0.2) is 40.3 Å². The summed E-state index contributed by atoms with van der Waals surface area (Å²) in [6.07, 6.45) is 3.54. The first-order chi connectivity index (χ1) is 10.2. The highest BCUT2D eigenvalue weighted by molar-refractivity contribution is 5.86. The lowest BCUT2D eigenvalue weighted by Gasteiger charge is -2.08. The summed E-state index contributed by atoms with van der Waals surface area (Å²) in [6.45, 7) is 3.03. The van der Waals surface area contributed by atoms with Gasteiger partial charge in [0.2, 0.25) is 0 Å². The lowest BCUT2D eigenvalue weighted by Crippen LogP contribution is -2.18. The normalized spacial score (nSPS) is 17.9. The highest BCUT2D eigenvalue weighted by Crippen LogP contribution is 2.13. The van der Waals surface area contributed by atoms with E-state index in [-0.39, 0.29) is 18.4 Å². The van der Waals surface area contributed by atoms with Crippen LogP contribution in [0.15, 0.2) is 30.5 Å². The smallest absolute Gasteiger partial charge is 0.360 e. The molecule has 6 heteroatoms. The molecule has 1 fully saturated rings. The standard InChI is InChI=1S/C15H17N3O3/c1-11-4-6-12(7-5-11)18-9-14(16-17-18)15(19)21-10-13-3-2-8-20-13/h4-7,9,13H,2-3,8,10H2,1H3. The highest BCUT2D eigenvalue weighted by Gasteiger charge is 2.19. The van der Waals surface area contributed by atoms with Crippen LogP contribution in [0.1, 0.15) is 28.9 Å². The summed E-state index contributed by atoms with van der Waals surface area (Å²) >= 11 is 0. The number of aryl methyl sites for hydroxylation is 1. The maximum atomic E-state index is 11.9. The maximum Gasteiger partial charge on any atom is 0.360 e. The quantitative estimate of drug-likeness (QED) is 0.804. The molecule has 1 unspecified atom stereocenters. The monoisotopic (exact) mass is 287 g/mol. The van der Waals surface area contributed by atoms with Crippen molar-refractivity contribution in [1.29, 1.82) is 0 Å². The minimum Gasteiger partial charge on any atom is -0.458 e. The van der Waals surface area contributed by atoms with Gasteiger partial charge in [0.25, 0.3) is 0 Å². The molecule has 1 aliphatic rings. The van der Waals surface area contributed by atoms with Crippen LogP contribution >= 0.6 is 0 Å². The molecule has 1 saturated heterocycles. The second kappa shape index (κ2) is 6.05. The molecule has 110 valence electrons. The molecule has 3 rings (SSSR count). The van der Waals surface area contributed by atoms with Crippen LogP contribution in [0.25, 0.3) is 5.69 Å². The summed E-state index contributed by atoms with van der Waals surface area (Å²) in [5.74, 6) is -0.469. The van der Waals surface area contributed by atoms with E-state index in [1.807, 2.05) is 31.2 Å². The van der Waals surface area contributed by atoms with Crippen molar-refractivity contribution in [2.24, 2.45) is 0 Å². The number of esters is 1. The number of nitrogens with zero attached hydrogens (tertiary/aromatic N) is 3. The van der Waals surface area contributed by atoms with Crippen molar-refractivity contribution < 1.29 is 14.3 Å². The molecule has 0 bridgehead atoms. The Kier molecular flexibility index (Phi) is 3.96. The first-order valence-electron chi connectivity index (χ1n) is 7.00. The minimum atomic E-state index is -0.469. The van der Waals surface area contributed by atoms with Gasteiger partial charge in [-0.3, -0.25) is 0 Å². The molecule has 1 aliphatic heterocycles. The molecule has 0 saturated carbocycles. The van der Waals surface area contributed by atoms with Gasteiger partial charge in [-0.25, -0.2) is 9.48 Å². The highest BCUT2D eigenvalue weighted by atomic mass is 16.6. The number of aromatic nitrogens is 3. The molecule has 6 nitrogen and oxygen atoms in total. The van der Waals surface area contributed by atoms with Gasteiger partial charge in [-0.15, -0.1) is 5.10 Å². The van der Waals surface area contributed by atoms with Crippen LogP contribution < -0.4 is 0 Å². The zero-order valence-electron chi connectivity index (χ0n) is 11.9. The molecule has 1 atom stereocenters. The Balaban J connectivity index is 1.63. The van der Waals surface area contributed by atoms with Crippen LogP contribution in [0.2, 0.25) is 0 Å². The van der Waals surface area contributed by atoms with E-state index >= 15 is 0 Å². The van der Waals surface area contributed by atoms with Gasteiger partial charge in [-0.2, -0.15) is 0 Å². The Labute approximate surface area is 122 Å². The SMILES string of the molecule is Cc1ccc(-n2cc(C(=O)OCC3CCCO3)nn2)cc1. The van der Waals surface area contributed by atoms with Gasteiger partial charge in [0.15, 0.2) is 5.69 Å². The van der Waals surface area contributed by atoms with Crippen molar-refractivity contribution in [3.8, 4) is 5.69 Å². The Morgan fingerprint density at radius 1 is 1.43 bits per heavy atom. The number of ether oxygens (including phenoxy) is 2. The topological polar surface area (TPSA) is 66.2 Å². The summed E-state index contributed by atoms with van der Waals surface area (Å²) in [5.41, 5.74) is 2.22. The van der Waals surface area contributed by atoms with E-state index < -0.39 is 5.97 Å². The fraction of sp³-hybridized carbons (Fsp3) is 0.400. The molecule has 0 radical (unpaired) electrons. The van der Waals surface area contributed by atoms with Gasteiger partial charge in [0.05, 0.1) is 18.0 Å². The minimum absolute atomic E-state index is 0.0149. The second-order valence-electron chi connectivity index (χ2n) is 5.12. The number of benzene rings is 1. The molecule has 21 heavy (non-hydrogen) atoms. The van der Waals surface area contributed by atoms with Crippen molar-refractivity contribution in [3.63, 3.8) is 0 Å². The van der Waals surface area contributed by atoms with Gasteiger partial charge in [0, 0.05) is 6.61 Å². The van der Waals surface area contributed by atoms with E-state index in [2.05, 4.69) is 10.3 Å². The molecule has 1 aromatic carbocycles. The summed E-state index contributed by atoms with van der Waals surface area (Å²) in [6, 6.07) is 7.80. The number of carbonyl (C=O) groups is 1. The number of carbonyl (C=O) groups excluding carboxylic acids is 1. The van der Waals surface area contributed by atoms with Crippen LogP contribution in [0.4, 0.5) is 0 Å². The Morgan fingerprint density at radius 2 is 2.24 bits per heavy atom. The molecule has 1 aromatic heterocycles. The molecule has 2 heterocycles. The number of hydrogen-bond acceptors (Lipinski definition) is 5. The summed E-state index contributed by atoms with van der Waals surface area (Å²) in [7, 11) is 0. The van der Waals surface area contributed by atoms with Crippen molar-refractivity contribution >= 4 is 5.97 Å². The van der Waals surface area contributed by atoms with Gasteiger partial charge >= 0.3 is 5.97 Å². The fourth-order valence-corrected chi connectivity index (χ4v) is 2.20. The van der Waals surface area contributed by atoms with Crippen molar-refractivity contribution in [3.05, 3.63) is 41.7 Å². The molecule has 2 aromatic rings. The predicted molar refractivity (Wildman–Crippen MR) is 75.4 cm³/mol. The van der Waals surface area contributed by atoms with Crippen molar-refractivity contribution in [2.45, 2.75) is 25.9 Å². The average molecular weight is 287 g/mol. The van der Waals surface area contributed by atoms with Gasteiger partial charge in [-0.1, -0.05) is 22.9 Å². The molecule has 0 amide bonds. The second-order valence-corrected chi connectivity index (χ2v) is 5.12. The van der Waals surface area contributed by atoms with Crippen LogP contribution in [0, 0.1) is 6.92 Å². The van der Waals surface area contributed by atoms with Gasteiger partial charge in [0.1, 0.15) is 6.61 Å². The van der Waals surface area contributed by atoms with Crippen LogP contribution in [-0.2, 0) is 9.47 Å². The van der Waals surface area contributed by atoms with E-state index in [0.29, 0.717) is 0 Å². The average Bonchev–Trinajstić information content (AvgIpc) is 3.17. The predicted octanol–water partition coefficient (Wildman–Crippen LogP) is 1.91. The lowest BCUT2D eigenvalue weighted by molar-refractivity contribution is 0.0156. The third kappa shape index (κ3) is 3.28. The van der Waals surface area contributed by atoms with E-state index in [1.165, 1.54) is 0 Å². The Morgan fingerprint density at radius 3 is 2.95 bits per heavy atom. The van der Waals surface area contributed by atoms with E-state index in [9.17, 15) is 4.79 Å². The molecule has 0 N–H and O–H groups in total. The first-order valence-corrected chi connectivity index (χ1v) is 7.00.